The predicted octanol–water partition coefficient (Wildman–Crippen LogP) is 3.07. The lowest BCUT2D eigenvalue weighted by Crippen LogP contribution is -2.30. The van der Waals surface area contributed by atoms with E-state index in [0.29, 0.717) is 17.0 Å². The third-order valence-electron chi connectivity index (χ3n) is 3.41. The van der Waals surface area contributed by atoms with Gasteiger partial charge in [0.25, 0.3) is 0 Å². The minimum absolute atomic E-state index is 0.124. The van der Waals surface area contributed by atoms with Crippen molar-refractivity contribution in [2.45, 2.75) is 32.4 Å². The molecule has 0 spiro atoms. The zero-order valence-corrected chi connectivity index (χ0v) is 12.5. The van der Waals surface area contributed by atoms with Gasteiger partial charge in [0, 0.05) is 29.4 Å². The highest BCUT2D eigenvalue weighted by Gasteiger charge is 2.14. The number of nitrogens with zero attached hydrogens (tertiary/aromatic N) is 2. The molecule has 0 amide bonds. The Morgan fingerprint density at radius 3 is 2.80 bits per heavy atom. The Labute approximate surface area is 123 Å². The van der Waals surface area contributed by atoms with Gasteiger partial charge in [-0.05, 0) is 44.5 Å². The van der Waals surface area contributed by atoms with Crippen LogP contribution in [0.2, 0.25) is 5.02 Å². The first-order valence-electron chi connectivity index (χ1n) is 6.75. The molecular weight excluding hydrogens is 277 g/mol. The summed E-state index contributed by atoms with van der Waals surface area (Å²) in [4.78, 5) is 0. The molecule has 1 N–H and O–H groups in total. The van der Waals surface area contributed by atoms with Gasteiger partial charge in [0.15, 0.2) is 0 Å². The minimum Gasteiger partial charge on any atom is -0.316 e. The SMILES string of the molecule is CCn1cc(CC(Cc2c(F)cccc2Cl)NC)cn1. The number of hydrogen-bond donors (Lipinski definition) is 1. The molecule has 0 fully saturated rings. The molecule has 108 valence electrons. The number of nitrogens with one attached hydrogen (secondary N) is 1. The van der Waals surface area contributed by atoms with Gasteiger partial charge >= 0.3 is 0 Å². The second-order valence-corrected chi connectivity index (χ2v) is 5.21. The number of aromatic nitrogens is 2. The van der Waals surface area contributed by atoms with Crippen LogP contribution in [0, 0.1) is 5.82 Å². The average Bonchev–Trinajstić information content (AvgIpc) is 2.89. The molecule has 1 heterocycles. The molecule has 2 aromatic rings. The van der Waals surface area contributed by atoms with E-state index in [1.807, 2.05) is 31.0 Å². The molecule has 0 aliphatic rings. The Morgan fingerprint density at radius 1 is 1.40 bits per heavy atom. The normalized spacial score (nSPS) is 12.6. The number of rotatable bonds is 6. The standard InChI is InChI=1S/C15H19ClFN3/c1-3-20-10-11(9-19-20)7-12(18-2)8-13-14(16)5-4-6-15(13)17/h4-6,9-10,12,18H,3,7-8H2,1-2H3. The van der Waals surface area contributed by atoms with Crippen molar-refractivity contribution in [2.24, 2.45) is 0 Å². The second kappa shape index (κ2) is 6.86. The van der Waals surface area contributed by atoms with Gasteiger partial charge in [-0.25, -0.2) is 4.39 Å². The largest absolute Gasteiger partial charge is 0.316 e. The Hall–Kier alpha value is -1.39. The lowest BCUT2D eigenvalue weighted by atomic mass is 10.0. The summed E-state index contributed by atoms with van der Waals surface area (Å²) in [5.74, 6) is -0.248. The van der Waals surface area contributed by atoms with Crippen molar-refractivity contribution < 1.29 is 4.39 Å². The first kappa shape index (κ1) is 15.0. The van der Waals surface area contributed by atoms with Crippen LogP contribution in [0.15, 0.2) is 30.6 Å². The molecule has 2 rings (SSSR count). The van der Waals surface area contributed by atoms with Crippen molar-refractivity contribution in [2.75, 3.05) is 7.05 Å². The van der Waals surface area contributed by atoms with E-state index in [0.717, 1.165) is 18.5 Å². The van der Waals surface area contributed by atoms with Gasteiger partial charge < -0.3 is 5.32 Å². The topological polar surface area (TPSA) is 29.9 Å². The maximum Gasteiger partial charge on any atom is 0.127 e. The highest BCUT2D eigenvalue weighted by Crippen LogP contribution is 2.21. The lowest BCUT2D eigenvalue weighted by Gasteiger charge is -2.16. The van der Waals surface area contributed by atoms with Crippen LogP contribution >= 0.6 is 11.6 Å². The Kier molecular flexibility index (Phi) is 5.15. The quantitative estimate of drug-likeness (QED) is 0.887. The molecule has 20 heavy (non-hydrogen) atoms. The molecule has 0 saturated heterocycles. The van der Waals surface area contributed by atoms with E-state index in [1.54, 1.807) is 12.1 Å². The van der Waals surface area contributed by atoms with E-state index in [9.17, 15) is 4.39 Å². The molecule has 0 aliphatic carbocycles. The first-order valence-corrected chi connectivity index (χ1v) is 7.13. The van der Waals surface area contributed by atoms with Crippen molar-refractivity contribution in [1.29, 1.82) is 0 Å². The van der Waals surface area contributed by atoms with Crippen molar-refractivity contribution in [3.8, 4) is 0 Å². The molecule has 0 radical (unpaired) electrons. The highest BCUT2D eigenvalue weighted by atomic mass is 35.5. The van der Waals surface area contributed by atoms with Crippen molar-refractivity contribution in [3.05, 3.63) is 52.6 Å². The van der Waals surface area contributed by atoms with Gasteiger partial charge in [0.2, 0.25) is 0 Å². The molecule has 1 aromatic heterocycles. The van der Waals surface area contributed by atoms with Crippen LogP contribution in [0.5, 0.6) is 0 Å². The van der Waals surface area contributed by atoms with E-state index in [-0.39, 0.29) is 11.9 Å². The fourth-order valence-electron chi connectivity index (χ4n) is 2.22. The fourth-order valence-corrected chi connectivity index (χ4v) is 2.46. The summed E-state index contributed by atoms with van der Waals surface area (Å²) in [6.45, 7) is 2.90. The van der Waals surface area contributed by atoms with Crippen molar-refractivity contribution in [3.63, 3.8) is 0 Å². The number of benzene rings is 1. The first-order chi connectivity index (χ1) is 9.63. The predicted molar refractivity (Wildman–Crippen MR) is 79.6 cm³/mol. The van der Waals surface area contributed by atoms with Crippen molar-refractivity contribution in [1.82, 2.24) is 15.1 Å². The monoisotopic (exact) mass is 295 g/mol. The Balaban J connectivity index is 2.09. The van der Waals surface area contributed by atoms with E-state index in [4.69, 9.17) is 11.6 Å². The van der Waals surface area contributed by atoms with Gasteiger partial charge in [0.1, 0.15) is 5.82 Å². The molecular formula is C15H19ClFN3. The Morgan fingerprint density at radius 2 is 2.20 bits per heavy atom. The number of hydrogen-bond acceptors (Lipinski definition) is 2. The highest BCUT2D eigenvalue weighted by molar-refractivity contribution is 6.31. The van der Waals surface area contributed by atoms with Crippen LogP contribution in [-0.2, 0) is 19.4 Å². The van der Waals surface area contributed by atoms with Gasteiger partial charge in [0.05, 0.1) is 6.20 Å². The van der Waals surface area contributed by atoms with Crippen LogP contribution in [0.25, 0.3) is 0 Å². The molecule has 0 aliphatic heterocycles. The molecule has 1 aromatic carbocycles. The van der Waals surface area contributed by atoms with Crippen LogP contribution in [-0.4, -0.2) is 22.9 Å². The third-order valence-corrected chi connectivity index (χ3v) is 3.77. The van der Waals surface area contributed by atoms with E-state index in [2.05, 4.69) is 10.4 Å². The fraction of sp³-hybridized carbons (Fsp3) is 0.400. The molecule has 0 saturated carbocycles. The van der Waals surface area contributed by atoms with Crippen molar-refractivity contribution >= 4 is 11.6 Å². The number of aryl methyl sites for hydroxylation is 1. The third kappa shape index (κ3) is 3.58. The summed E-state index contributed by atoms with van der Waals surface area (Å²) in [5, 5.41) is 7.95. The van der Waals surface area contributed by atoms with Gasteiger partial charge in [-0.15, -0.1) is 0 Å². The smallest absolute Gasteiger partial charge is 0.127 e. The molecule has 3 nitrogen and oxygen atoms in total. The summed E-state index contributed by atoms with van der Waals surface area (Å²) in [7, 11) is 1.88. The Bertz CT molecular complexity index is 548. The van der Waals surface area contributed by atoms with Crippen LogP contribution < -0.4 is 5.32 Å². The van der Waals surface area contributed by atoms with Crippen LogP contribution in [0.4, 0.5) is 4.39 Å². The molecule has 0 bridgehead atoms. The van der Waals surface area contributed by atoms with Crippen LogP contribution in [0.1, 0.15) is 18.1 Å². The van der Waals surface area contributed by atoms with Crippen LogP contribution in [0.3, 0.4) is 0 Å². The summed E-state index contributed by atoms with van der Waals surface area (Å²) in [5.41, 5.74) is 1.70. The van der Waals surface area contributed by atoms with E-state index < -0.39 is 0 Å². The summed E-state index contributed by atoms with van der Waals surface area (Å²) in [6.07, 6.45) is 5.23. The lowest BCUT2D eigenvalue weighted by molar-refractivity contribution is 0.532. The van der Waals surface area contributed by atoms with Gasteiger partial charge in [-0.3, -0.25) is 4.68 Å². The number of halogens is 2. The zero-order valence-electron chi connectivity index (χ0n) is 11.7. The second-order valence-electron chi connectivity index (χ2n) is 4.80. The average molecular weight is 296 g/mol. The van der Waals surface area contributed by atoms with Gasteiger partial charge in [-0.1, -0.05) is 17.7 Å². The zero-order chi connectivity index (χ0) is 14.5. The summed E-state index contributed by atoms with van der Waals surface area (Å²) < 4.78 is 15.7. The van der Waals surface area contributed by atoms with Gasteiger partial charge in [-0.2, -0.15) is 5.10 Å². The molecule has 1 unspecified atom stereocenters. The van der Waals surface area contributed by atoms with E-state index >= 15 is 0 Å². The maximum absolute atomic E-state index is 13.8. The summed E-state index contributed by atoms with van der Waals surface area (Å²) >= 11 is 6.08. The molecule has 5 heteroatoms. The van der Waals surface area contributed by atoms with E-state index in [1.165, 1.54) is 6.07 Å². The minimum atomic E-state index is -0.248. The summed E-state index contributed by atoms with van der Waals surface area (Å²) in [6, 6.07) is 4.92. The molecule has 1 atom stereocenters. The number of likely N-dealkylation sites (N-methyl/N-ethyl adjacent to an activating group) is 1. The maximum atomic E-state index is 13.8.